The fraction of sp³-hybridized carbons (Fsp3) is 0.846. The molecule has 2 N–H and O–H groups in total. The van der Waals surface area contributed by atoms with Gasteiger partial charge in [-0.25, -0.2) is 9.59 Å². The van der Waals surface area contributed by atoms with E-state index in [1.165, 1.54) is 0 Å². The molecule has 6 nitrogen and oxygen atoms in total. The lowest BCUT2D eigenvalue weighted by molar-refractivity contribution is -0.149. The molecule has 1 aliphatic heterocycles. The van der Waals surface area contributed by atoms with Crippen molar-refractivity contribution in [3.05, 3.63) is 0 Å². The van der Waals surface area contributed by atoms with Crippen LogP contribution in [0.4, 0.5) is 4.79 Å². The Labute approximate surface area is 114 Å². The van der Waals surface area contributed by atoms with Gasteiger partial charge in [-0.05, 0) is 25.7 Å². The smallest absolute Gasteiger partial charge is 0.332 e. The van der Waals surface area contributed by atoms with E-state index in [2.05, 4.69) is 19.2 Å². The lowest BCUT2D eigenvalue weighted by Gasteiger charge is -2.24. The van der Waals surface area contributed by atoms with Crippen molar-refractivity contribution in [3.63, 3.8) is 0 Å². The van der Waals surface area contributed by atoms with Crippen LogP contribution in [-0.4, -0.2) is 53.8 Å². The van der Waals surface area contributed by atoms with Crippen LogP contribution in [0.5, 0.6) is 0 Å². The Bertz CT molecular complexity index is 320. The number of carboxylic acid groups (broad SMARTS) is 1. The topological polar surface area (TPSA) is 78.9 Å². The van der Waals surface area contributed by atoms with Gasteiger partial charge >= 0.3 is 12.0 Å². The Morgan fingerprint density at radius 2 is 2.11 bits per heavy atom. The average Bonchev–Trinajstić information content (AvgIpc) is 2.81. The third-order valence-corrected chi connectivity index (χ3v) is 3.12. The minimum absolute atomic E-state index is 0.112. The number of hydrogen-bond donors (Lipinski definition) is 2. The van der Waals surface area contributed by atoms with E-state index in [0.29, 0.717) is 38.4 Å². The van der Waals surface area contributed by atoms with Gasteiger partial charge in [-0.1, -0.05) is 13.8 Å². The van der Waals surface area contributed by atoms with E-state index in [4.69, 9.17) is 9.84 Å². The molecule has 1 aliphatic rings. The van der Waals surface area contributed by atoms with Gasteiger partial charge < -0.3 is 20.1 Å². The molecule has 2 amide bonds. The Morgan fingerprint density at radius 1 is 1.42 bits per heavy atom. The lowest BCUT2D eigenvalue weighted by Crippen LogP contribution is -2.44. The molecule has 0 saturated carbocycles. The van der Waals surface area contributed by atoms with Gasteiger partial charge in [0, 0.05) is 19.6 Å². The SMILES string of the molecule is CCN(CC(C)C)C(=O)NCC1CCC(C(=O)O)O1. The number of ether oxygens (including phenoxy) is 1. The number of aliphatic carboxylic acids is 1. The molecule has 0 radical (unpaired) electrons. The normalized spacial score (nSPS) is 22.5. The highest BCUT2D eigenvalue weighted by Crippen LogP contribution is 2.19. The number of carbonyl (C=O) groups is 2. The molecular weight excluding hydrogens is 248 g/mol. The van der Waals surface area contributed by atoms with Crippen molar-refractivity contribution in [1.29, 1.82) is 0 Å². The fourth-order valence-electron chi connectivity index (χ4n) is 2.15. The third-order valence-electron chi connectivity index (χ3n) is 3.12. The number of nitrogens with one attached hydrogen (secondary N) is 1. The number of nitrogens with zero attached hydrogens (tertiary/aromatic N) is 1. The number of carbonyl (C=O) groups excluding carboxylic acids is 1. The molecule has 2 unspecified atom stereocenters. The fourth-order valence-corrected chi connectivity index (χ4v) is 2.15. The highest BCUT2D eigenvalue weighted by molar-refractivity contribution is 5.74. The monoisotopic (exact) mass is 272 g/mol. The van der Waals surface area contributed by atoms with E-state index in [1.54, 1.807) is 4.90 Å². The van der Waals surface area contributed by atoms with E-state index in [9.17, 15) is 9.59 Å². The van der Waals surface area contributed by atoms with Gasteiger partial charge in [-0.15, -0.1) is 0 Å². The van der Waals surface area contributed by atoms with E-state index < -0.39 is 12.1 Å². The molecule has 2 atom stereocenters. The van der Waals surface area contributed by atoms with Crippen molar-refractivity contribution in [2.24, 2.45) is 5.92 Å². The summed E-state index contributed by atoms with van der Waals surface area (Å²) in [4.78, 5) is 24.4. The summed E-state index contributed by atoms with van der Waals surface area (Å²) in [5.74, 6) is -0.506. The van der Waals surface area contributed by atoms with E-state index in [1.807, 2.05) is 6.92 Å². The maximum Gasteiger partial charge on any atom is 0.332 e. The predicted molar refractivity (Wildman–Crippen MR) is 71.0 cm³/mol. The molecule has 0 aliphatic carbocycles. The molecule has 110 valence electrons. The van der Waals surface area contributed by atoms with E-state index in [-0.39, 0.29) is 12.1 Å². The Kier molecular flexibility index (Phi) is 6.08. The van der Waals surface area contributed by atoms with Crippen LogP contribution in [0.1, 0.15) is 33.6 Å². The second-order valence-corrected chi connectivity index (χ2v) is 5.28. The van der Waals surface area contributed by atoms with Gasteiger partial charge in [0.1, 0.15) is 0 Å². The summed E-state index contributed by atoms with van der Waals surface area (Å²) in [7, 11) is 0. The lowest BCUT2D eigenvalue weighted by atomic mass is 10.2. The van der Waals surface area contributed by atoms with Crippen LogP contribution < -0.4 is 5.32 Å². The first kappa shape index (κ1) is 15.8. The Hall–Kier alpha value is -1.30. The van der Waals surface area contributed by atoms with Crippen molar-refractivity contribution in [2.45, 2.75) is 45.8 Å². The van der Waals surface area contributed by atoms with Crippen molar-refractivity contribution >= 4 is 12.0 Å². The summed E-state index contributed by atoms with van der Waals surface area (Å²) in [6.07, 6.45) is 0.273. The highest BCUT2D eigenvalue weighted by atomic mass is 16.5. The molecule has 19 heavy (non-hydrogen) atoms. The number of rotatable bonds is 6. The maximum absolute atomic E-state index is 11.9. The van der Waals surface area contributed by atoms with Crippen molar-refractivity contribution in [2.75, 3.05) is 19.6 Å². The molecular formula is C13H24N2O4. The predicted octanol–water partition coefficient (Wildman–Crippen LogP) is 1.31. The number of hydrogen-bond acceptors (Lipinski definition) is 3. The summed E-state index contributed by atoms with van der Waals surface area (Å²) < 4.78 is 5.33. The zero-order chi connectivity index (χ0) is 14.4. The van der Waals surface area contributed by atoms with Gasteiger partial charge in [0.15, 0.2) is 6.10 Å². The summed E-state index contributed by atoms with van der Waals surface area (Å²) in [6, 6.07) is -0.112. The number of carboxylic acids is 1. The zero-order valence-corrected chi connectivity index (χ0v) is 11.9. The Morgan fingerprint density at radius 3 is 2.58 bits per heavy atom. The Balaban J connectivity index is 2.32. The van der Waals surface area contributed by atoms with Crippen LogP contribution in [-0.2, 0) is 9.53 Å². The molecule has 0 spiro atoms. The standard InChI is InChI=1S/C13H24N2O4/c1-4-15(8-9(2)3)13(18)14-7-10-5-6-11(19-10)12(16)17/h9-11H,4-8H2,1-3H3,(H,14,18)(H,16,17). The molecule has 1 fully saturated rings. The summed E-state index contributed by atoms with van der Waals surface area (Å²) >= 11 is 0. The molecule has 1 rings (SSSR count). The average molecular weight is 272 g/mol. The summed E-state index contributed by atoms with van der Waals surface area (Å²) in [5, 5.41) is 11.6. The van der Waals surface area contributed by atoms with Crippen molar-refractivity contribution in [3.8, 4) is 0 Å². The zero-order valence-electron chi connectivity index (χ0n) is 11.9. The first-order valence-electron chi connectivity index (χ1n) is 6.85. The van der Waals surface area contributed by atoms with Crippen LogP contribution in [0.2, 0.25) is 0 Å². The van der Waals surface area contributed by atoms with Gasteiger partial charge in [0.2, 0.25) is 0 Å². The van der Waals surface area contributed by atoms with E-state index >= 15 is 0 Å². The van der Waals surface area contributed by atoms with Gasteiger partial charge in [-0.2, -0.15) is 0 Å². The molecule has 0 aromatic carbocycles. The minimum atomic E-state index is -0.927. The molecule has 6 heteroatoms. The van der Waals surface area contributed by atoms with Crippen LogP contribution >= 0.6 is 0 Å². The molecule has 0 aromatic rings. The first-order valence-corrected chi connectivity index (χ1v) is 6.85. The first-order chi connectivity index (χ1) is 8.93. The quantitative estimate of drug-likeness (QED) is 0.764. The highest BCUT2D eigenvalue weighted by Gasteiger charge is 2.30. The third kappa shape index (κ3) is 5.06. The maximum atomic E-state index is 11.9. The van der Waals surface area contributed by atoms with Gasteiger partial charge in [0.05, 0.1) is 6.10 Å². The van der Waals surface area contributed by atoms with Crippen LogP contribution in [0.3, 0.4) is 0 Å². The van der Waals surface area contributed by atoms with Crippen LogP contribution in [0.15, 0.2) is 0 Å². The second kappa shape index (κ2) is 7.33. The number of urea groups is 1. The van der Waals surface area contributed by atoms with Crippen LogP contribution in [0.25, 0.3) is 0 Å². The largest absolute Gasteiger partial charge is 0.479 e. The molecule has 1 heterocycles. The second-order valence-electron chi connectivity index (χ2n) is 5.28. The molecule has 0 bridgehead atoms. The van der Waals surface area contributed by atoms with Crippen molar-refractivity contribution < 1.29 is 19.4 Å². The van der Waals surface area contributed by atoms with Crippen molar-refractivity contribution in [1.82, 2.24) is 10.2 Å². The minimum Gasteiger partial charge on any atom is -0.479 e. The molecule has 1 saturated heterocycles. The van der Waals surface area contributed by atoms with E-state index in [0.717, 1.165) is 0 Å². The summed E-state index contributed by atoms with van der Waals surface area (Å²) in [5.41, 5.74) is 0. The molecule has 0 aromatic heterocycles. The number of amides is 2. The van der Waals surface area contributed by atoms with Crippen LogP contribution in [0, 0.1) is 5.92 Å². The summed E-state index contributed by atoms with van der Waals surface area (Å²) in [6.45, 7) is 7.81. The van der Waals surface area contributed by atoms with Gasteiger partial charge in [-0.3, -0.25) is 0 Å². The van der Waals surface area contributed by atoms with Gasteiger partial charge in [0.25, 0.3) is 0 Å².